The van der Waals surface area contributed by atoms with E-state index >= 15 is 0 Å². The lowest BCUT2D eigenvalue weighted by molar-refractivity contribution is 0.0380. The molecule has 18 heavy (non-hydrogen) atoms. The zero-order chi connectivity index (χ0) is 12.6. The minimum atomic E-state index is 0.780. The van der Waals surface area contributed by atoms with Crippen LogP contribution in [-0.4, -0.2) is 50.3 Å². The SMILES string of the molecule is CCC1CCCC(NCCN2CCOCC2)CC1. The lowest BCUT2D eigenvalue weighted by atomic mass is 9.98. The van der Waals surface area contributed by atoms with Gasteiger partial charge >= 0.3 is 0 Å². The van der Waals surface area contributed by atoms with Crippen LogP contribution in [0, 0.1) is 5.92 Å². The van der Waals surface area contributed by atoms with E-state index < -0.39 is 0 Å². The van der Waals surface area contributed by atoms with E-state index in [0.29, 0.717) is 0 Å². The van der Waals surface area contributed by atoms with Gasteiger partial charge in [0, 0.05) is 32.2 Å². The van der Waals surface area contributed by atoms with Crippen LogP contribution >= 0.6 is 0 Å². The monoisotopic (exact) mass is 254 g/mol. The molecule has 2 atom stereocenters. The van der Waals surface area contributed by atoms with Crippen LogP contribution in [-0.2, 0) is 4.74 Å². The maximum Gasteiger partial charge on any atom is 0.0594 e. The van der Waals surface area contributed by atoms with Crippen molar-refractivity contribution in [1.82, 2.24) is 10.2 Å². The van der Waals surface area contributed by atoms with Crippen LogP contribution in [0.2, 0.25) is 0 Å². The largest absolute Gasteiger partial charge is 0.379 e. The first-order valence-electron chi connectivity index (χ1n) is 7.92. The van der Waals surface area contributed by atoms with Gasteiger partial charge in [0.05, 0.1) is 13.2 Å². The summed E-state index contributed by atoms with van der Waals surface area (Å²) in [5, 5.41) is 3.77. The summed E-state index contributed by atoms with van der Waals surface area (Å²) >= 11 is 0. The van der Waals surface area contributed by atoms with Crippen LogP contribution in [0.15, 0.2) is 0 Å². The van der Waals surface area contributed by atoms with Crippen LogP contribution in [0.25, 0.3) is 0 Å². The number of morpholine rings is 1. The minimum Gasteiger partial charge on any atom is -0.379 e. The van der Waals surface area contributed by atoms with Crippen molar-refractivity contribution in [3.63, 3.8) is 0 Å². The molecule has 1 aliphatic carbocycles. The molecule has 1 aliphatic heterocycles. The second-order valence-electron chi connectivity index (χ2n) is 5.89. The van der Waals surface area contributed by atoms with Crippen LogP contribution in [0.3, 0.4) is 0 Å². The number of nitrogens with zero attached hydrogens (tertiary/aromatic N) is 1. The molecular weight excluding hydrogens is 224 g/mol. The molecule has 0 aromatic heterocycles. The molecule has 1 heterocycles. The highest BCUT2D eigenvalue weighted by atomic mass is 16.5. The molecule has 2 fully saturated rings. The van der Waals surface area contributed by atoms with Crippen molar-refractivity contribution in [3.05, 3.63) is 0 Å². The topological polar surface area (TPSA) is 24.5 Å². The first kappa shape index (κ1) is 14.3. The van der Waals surface area contributed by atoms with E-state index in [1.54, 1.807) is 0 Å². The molecule has 0 radical (unpaired) electrons. The van der Waals surface area contributed by atoms with Gasteiger partial charge in [0.1, 0.15) is 0 Å². The summed E-state index contributed by atoms with van der Waals surface area (Å²) in [7, 11) is 0. The predicted octanol–water partition coefficient (Wildman–Crippen LogP) is 2.27. The van der Waals surface area contributed by atoms with Crippen LogP contribution in [0.4, 0.5) is 0 Å². The number of hydrogen-bond acceptors (Lipinski definition) is 3. The molecule has 2 rings (SSSR count). The van der Waals surface area contributed by atoms with Gasteiger partial charge in [-0.2, -0.15) is 0 Å². The Morgan fingerprint density at radius 3 is 2.72 bits per heavy atom. The van der Waals surface area contributed by atoms with Gasteiger partial charge in [-0.3, -0.25) is 4.90 Å². The average molecular weight is 254 g/mol. The van der Waals surface area contributed by atoms with E-state index in [9.17, 15) is 0 Å². The summed E-state index contributed by atoms with van der Waals surface area (Å²) in [5.41, 5.74) is 0. The van der Waals surface area contributed by atoms with Crippen molar-refractivity contribution in [2.45, 2.75) is 51.5 Å². The highest BCUT2D eigenvalue weighted by Gasteiger charge is 2.17. The third kappa shape index (κ3) is 4.87. The molecule has 1 saturated heterocycles. The van der Waals surface area contributed by atoms with E-state index in [2.05, 4.69) is 17.1 Å². The van der Waals surface area contributed by atoms with Gasteiger partial charge < -0.3 is 10.1 Å². The molecule has 0 amide bonds. The fourth-order valence-electron chi connectivity index (χ4n) is 3.24. The molecule has 0 aromatic carbocycles. The van der Waals surface area contributed by atoms with Gasteiger partial charge in [-0.15, -0.1) is 0 Å². The molecule has 0 bridgehead atoms. The van der Waals surface area contributed by atoms with Crippen molar-refractivity contribution in [2.24, 2.45) is 5.92 Å². The molecule has 106 valence electrons. The molecule has 0 spiro atoms. The van der Waals surface area contributed by atoms with Crippen molar-refractivity contribution in [2.75, 3.05) is 39.4 Å². The molecule has 0 aromatic rings. The van der Waals surface area contributed by atoms with E-state index in [-0.39, 0.29) is 0 Å². The quantitative estimate of drug-likeness (QED) is 0.762. The maximum absolute atomic E-state index is 5.37. The van der Waals surface area contributed by atoms with Crippen LogP contribution in [0.1, 0.15) is 45.4 Å². The van der Waals surface area contributed by atoms with E-state index in [1.165, 1.54) is 45.1 Å². The highest BCUT2D eigenvalue weighted by molar-refractivity contribution is 4.75. The standard InChI is InChI=1S/C15H30N2O/c1-2-14-4-3-5-15(7-6-14)16-8-9-17-10-12-18-13-11-17/h14-16H,2-13H2,1H3. The molecule has 2 aliphatic rings. The summed E-state index contributed by atoms with van der Waals surface area (Å²) in [6.07, 6.45) is 8.47. The van der Waals surface area contributed by atoms with Gasteiger partial charge in [-0.05, 0) is 25.2 Å². The lowest BCUT2D eigenvalue weighted by Gasteiger charge is -2.27. The van der Waals surface area contributed by atoms with Gasteiger partial charge in [0.2, 0.25) is 0 Å². The zero-order valence-electron chi connectivity index (χ0n) is 12.0. The maximum atomic E-state index is 5.37. The number of ether oxygens (including phenoxy) is 1. The fraction of sp³-hybridized carbons (Fsp3) is 1.00. The molecular formula is C15H30N2O. The summed E-state index contributed by atoms with van der Waals surface area (Å²) < 4.78 is 5.37. The Labute approximate surface area is 112 Å². The second-order valence-corrected chi connectivity index (χ2v) is 5.89. The lowest BCUT2D eigenvalue weighted by Crippen LogP contribution is -2.42. The summed E-state index contributed by atoms with van der Waals surface area (Å²) in [5.74, 6) is 0.996. The average Bonchev–Trinajstić information content (AvgIpc) is 2.65. The molecule has 3 nitrogen and oxygen atoms in total. The van der Waals surface area contributed by atoms with Crippen LogP contribution < -0.4 is 5.32 Å². The van der Waals surface area contributed by atoms with Crippen LogP contribution in [0.5, 0.6) is 0 Å². The fourth-order valence-corrected chi connectivity index (χ4v) is 3.24. The van der Waals surface area contributed by atoms with Gasteiger partial charge in [0.15, 0.2) is 0 Å². The van der Waals surface area contributed by atoms with Gasteiger partial charge in [-0.1, -0.05) is 26.2 Å². The van der Waals surface area contributed by atoms with Crippen molar-refractivity contribution in [1.29, 1.82) is 0 Å². The normalized spacial score (nSPS) is 31.2. The Bertz CT molecular complexity index is 217. The first-order valence-corrected chi connectivity index (χ1v) is 7.92. The zero-order valence-corrected chi connectivity index (χ0v) is 12.0. The molecule has 1 N–H and O–H groups in total. The Morgan fingerprint density at radius 2 is 1.94 bits per heavy atom. The Balaban J connectivity index is 1.58. The third-order valence-electron chi connectivity index (χ3n) is 4.63. The Hall–Kier alpha value is -0.120. The summed E-state index contributed by atoms with van der Waals surface area (Å²) in [6, 6.07) is 0.780. The summed E-state index contributed by atoms with van der Waals surface area (Å²) in [4.78, 5) is 2.52. The molecule has 2 unspecified atom stereocenters. The smallest absolute Gasteiger partial charge is 0.0594 e. The van der Waals surface area contributed by atoms with Gasteiger partial charge in [0.25, 0.3) is 0 Å². The summed E-state index contributed by atoms with van der Waals surface area (Å²) in [6.45, 7) is 8.76. The number of rotatable bonds is 5. The van der Waals surface area contributed by atoms with Crippen molar-refractivity contribution in [3.8, 4) is 0 Å². The second kappa shape index (κ2) is 8.13. The number of nitrogens with one attached hydrogen (secondary N) is 1. The minimum absolute atomic E-state index is 0.780. The molecule has 3 heteroatoms. The first-order chi connectivity index (χ1) is 8.88. The Kier molecular flexibility index (Phi) is 6.46. The van der Waals surface area contributed by atoms with Crippen molar-refractivity contribution >= 4 is 0 Å². The Morgan fingerprint density at radius 1 is 1.11 bits per heavy atom. The predicted molar refractivity (Wildman–Crippen MR) is 75.9 cm³/mol. The van der Waals surface area contributed by atoms with Gasteiger partial charge in [-0.25, -0.2) is 0 Å². The van der Waals surface area contributed by atoms with E-state index in [4.69, 9.17) is 4.74 Å². The molecule has 1 saturated carbocycles. The van der Waals surface area contributed by atoms with Crippen molar-refractivity contribution < 1.29 is 4.74 Å². The third-order valence-corrected chi connectivity index (χ3v) is 4.63. The number of hydrogen-bond donors (Lipinski definition) is 1. The highest BCUT2D eigenvalue weighted by Crippen LogP contribution is 2.25. The van der Waals surface area contributed by atoms with E-state index in [0.717, 1.165) is 44.8 Å². The van der Waals surface area contributed by atoms with E-state index in [1.807, 2.05) is 0 Å².